The molecule has 0 aliphatic heterocycles. The molecule has 0 aromatic carbocycles. The summed E-state index contributed by atoms with van der Waals surface area (Å²) in [6.07, 6.45) is 2.95. The van der Waals surface area contributed by atoms with E-state index in [1.807, 2.05) is 6.92 Å². The van der Waals surface area contributed by atoms with Gasteiger partial charge in [-0.2, -0.15) is 0 Å². The van der Waals surface area contributed by atoms with Crippen molar-refractivity contribution in [3.8, 4) is 0 Å². The molecule has 0 bridgehead atoms. The van der Waals surface area contributed by atoms with E-state index in [2.05, 4.69) is 74.4 Å². The average Bonchev–Trinajstić information content (AvgIpc) is 3.03. The van der Waals surface area contributed by atoms with Crippen LogP contribution in [0.15, 0.2) is 27.1 Å². The summed E-state index contributed by atoms with van der Waals surface area (Å²) in [5, 5.41) is 6.58. The molecule has 0 radical (unpaired) electrons. The molecule has 7 heteroatoms. The maximum atomic E-state index is 4.73. The third-order valence-corrected chi connectivity index (χ3v) is 4.72. The maximum Gasteiger partial charge on any atom is 0.194 e. The summed E-state index contributed by atoms with van der Waals surface area (Å²) in [6.45, 7) is 6.53. The Balaban J connectivity index is 1.98. The Kier molecular flexibility index (Phi) is 6.65. The highest BCUT2D eigenvalue weighted by atomic mass is 79.9. The van der Waals surface area contributed by atoms with Gasteiger partial charge in [0.1, 0.15) is 0 Å². The molecule has 2 rings (SSSR count). The Morgan fingerprint density at radius 1 is 1.52 bits per heavy atom. The first-order valence-electron chi connectivity index (χ1n) is 7.70. The van der Waals surface area contributed by atoms with Gasteiger partial charge in [0.05, 0.1) is 17.2 Å². The van der Waals surface area contributed by atoms with Crippen molar-refractivity contribution >= 4 is 33.2 Å². The van der Waals surface area contributed by atoms with Crippen LogP contribution in [0, 0.1) is 6.92 Å². The van der Waals surface area contributed by atoms with Crippen molar-refractivity contribution in [2.75, 3.05) is 20.1 Å². The second-order valence-electron chi connectivity index (χ2n) is 5.46. The highest BCUT2D eigenvalue weighted by molar-refractivity contribution is 9.10. The molecule has 2 aromatic heterocycles. The molecule has 5 nitrogen and oxygen atoms in total. The second-order valence-corrected chi connectivity index (χ2v) is 7.44. The van der Waals surface area contributed by atoms with Crippen LogP contribution in [0.4, 0.5) is 0 Å². The molecule has 0 saturated carbocycles. The lowest BCUT2D eigenvalue weighted by Crippen LogP contribution is -2.39. The van der Waals surface area contributed by atoms with Crippen LogP contribution < -0.4 is 5.32 Å². The van der Waals surface area contributed by atoms with E-state index in [1.165, 1.54) is 5.69 Å². The smallest absolute Gasteiger partial charge is 0.194 e. The van der Waals surface area contributed by atoms with Crippen molar-refractivity contribution in [1.29, 1.82) is 0 Å². The maximum absolute atomic E-state index is 4.73. The van der Waals surface area contributed by atoms with Crippen LogP contribution in [-0.4, -0.2) is 40.5 Å². The van der Waals surface area contributed by atoms with E-state index in [1.54, 1.807) is 11.3 Å². The lowest BCUT2D eigenvalue weighted by atomic mass is 10.3. The summed E-state index contributed by atoms with van der Waals surface area (Å²) in [4.78, 5) is 11.4. The SMILES string of the molecule is CCNC(=NCCc1csc(C)n1)N(C)Cc1cc(Br)cn1C. The van der Waals surface area contributed by atoms with Crippen LogP contribution >= 0.6 is 27.3 Å². The first-order valence-corrected chi connectivity index (χ1v) is 9.38. The molecule has 0 aliphatic rings. The molecular formula is C16H24BrN5S. The van der Waals surface area contributed by atoms with Gasteiger partial charge in [0.2, 0.25) is 0 Å². The van der Waals surface area contributed by atoms with Gasteiger partial charge >= 0.3 is 0 Å². The van der Waals surface area contributed by atoms with Gasteiger partial charge in [-0.05, 0) is 35.8 Å². The fraction of sp³-hybridized carbons (Fsp3) is 0.500. The highest BCUT2D eigenvalue weighted by Gasteiger charge is 2.09. The Morgan fingerprint density at radius 2 is 2.30 bits per heavy atom. The van der Waals surface area contributed by atoms with E-state index in [4.69, 9.17) is 4.99 Å². The molecule has 0 saturated heterocycles. The van der Waals surface area contributed by atoms with Gasteiger partial charge < -0.3 is 14.8 Å². The molecule has 0 aliphatic carbocycles. The average molecular weight is 398 g/mol. The topological polar surface area (TPSA) is 45.5 Å². The largest absolute Gasteiger partial charge is 0.357 e. The number of aromatic nitrogens is 2. The summed E-state index contributed by atoms with van der Waals surface area (Å²) in [5.74, 6) is 0.928. The van der Waals surface area contributed by atoms with E-state index < -0.39 is 0 Å². The zero-order chi connectivity index (χ0) is 16.8. The van der Waals surface area contributed by atoms with Crippen molar-refractivity contribution in [1.82, 2.24) is 19.8 Å². The normalized spacial score (nSPS) is 11.8. The number of rotatable bonds is 6. The van der Waals surface area contributed by atoms with E-state index >= 15 is 0 Å². The first kappa shape index (κ1) is 18.0. The minimum absolute atomic E-state index is 0.743. The third kappa shape index (κ3) is 5.35. The summed E-state index contributed by atoms with van der Waals surface area (Å²) in [6, 6.07) is 2.14. The fourth-order valence-corrected chi connectivity index (χ4v) is 3.53. The standard InChI is InChI=1S/C16H24BrN5S/c1-5-18-16(19-7-6-14-11-23-12(2)20-14)22(4)10-15-8-13(17)9-21(15)3/h8-9,11H,5-7,10H2,1-4H3,(H,18,19). The van der Waals surface area contributed by atoms with Gasteiger partial charge in [0.25, 0.3) is 0 Å². The van der Waals surface area contributed by atoms with Crippen molar-refractivity contribution in [3.63, 3.8) is 0 Å². The van der Waals surface area contributed by atoms with Gasteiger partial charge in [-0.25, -0.2) is 4.98 Å². The van der Waals surface area contributed by atoms with E-state index in [0.29, 0.717) is 0 Å². The Bertz CT molecular complexity index is 661. The molecule has 126 valence electrons. The third-order valence-electron chi connectivity index (χ3n) is 3.47. The predicted molar refractivity (Wildman–Crippen MR) is 101 cm³/mol. The van der Waals surface area contributed by atoms with E-state index in [0.717, 1.165) is 47.2 Å². The number of hydrogen-bond acceptors (Lipinski definition) is 3. The van der Waals surface area contributed by atoms with Crippen molar-refractivity contribution in [2.24, 2.45) is 12.0 Å². The molecule has 2 aromatic rings. The van der Waals surface area contributed by atoms with Crippen LogP contribution in [-0.2, 0) is 20.0 Å². The van der Waals surface area contributed by atoms with Crippen molar-refractivity contribution in [3.05, 3.63) is 38.5 Å². The molecule has 0 spiro atoms. The number of aryl methyl sites for hydroxylation is 2. The monoisotopic (exact) mass is 397 g/mol. The van der Waals surface area contributed by atoms with Crippen molar-refractivity contribution in [2.45, 2.75) is 26.8 Å². The number of nitrogens with one attached hydrogen (secondary N) is 1. The highest BCUT2D eigenvalue weighted by Crippen LogP contribution is 2.15. The number of aliphatic imine (C=N–C) groups is 1. The number of hydrogen-bond donors (Lipinski definition) is 1. The summed E-state index contributed by atoms with van der Waals surface area (Å²) in [5.41, 5.74) is 2.36. The number of thiazole rings is 1. The quantitative estimate of drug-likeness (QED) is 0.601. The van der Waals surface area contributed by atoms with Gasteiger partial charge in [0, 0.05) is 55.3 Å². The van der Waals surface area contributed by atoms with Crippen molar-refractivity contribution < 1.29 is 0 Å². The summed E-state index contributed by atoms with van der Waals surface area (Å²) < 4.78 is 3.23. The molecule has 0 unspecified atom stereocenters. The minimum atomic E-state index is 0.743. The minimum Gasteiger partial charge on any atom is -0.357 e. The fourth-order valence-electron chi connectivity index (χ4n) is 2.31. The second kappa shape index (κ2) is 8.49. The van der Waals surface area contributed by atoms with E-state index in [9.17, 15) is 0 Å². The van der Waals surface area contributed by atoms with Crippen LogP contribution in [0.5, 0.6) is 0 Å². The summed E-state index contributed by atoms with van der Waals surface area (Å²) in [7, 11) is 4.12. The Morgan fingerprint density at radius 3 is 2.87 bits per heavy atom. The number of halogens is 1. The number of guanidine groups is 1. The molecular weight excluding hydrogens is 374 g/mol. The van der Waals surface area contributed by atoms with Gasteiger partial charge in [-0.15, -0.1) is 11.3 Å². The first-order chi connectivity index (χ1) is 11.0. The molecule has 23 heavy (non-hydrogen) atoms. The lowest BCUT2D eigenvalue weighted by Gasteiger charge is -2.22. The molecule has 2 heterocycles. The van der Waals surface area contributed by atoms with Gasteiger partial charge in [-0.3, -0.25) is 4.99 Å². The van der Waals surface area contributed by atoms with Crippen LogP contribution in [0.1, 0.15) is 23.3 Å². The van der Waals surface area contributed by atoms with Crippen LogP contribution in [0.3, 0.4) is 0 Å². The van der Waals surface area contributed by atoms with E-state index in [-0.39, 0.29) is 0 Å². The molecule has 0 atom stereocenters. The van der Waals surface area contributed by atoms with Gasteiger partial charge in [-0.1, -0.05) is 0 Å². The predicted octanol–water partition coefficient (Wildman–Crippen LogP) is 3.19. The molecule has 0 amide bonds. The van der Waals surface area contributed by atoms with Crippen LogP contribution in [0.2, 0.25) is 0 Å². The zero-order valence-electron chi connectivity index (χ0n) is 14.1. The lowest BCUT2D eigenvalue weighted by molar-refractivity contribution is 0.462. The summed E-state index contributed by atoms with van der Waals surface area (Å²) >= 11 is 5.21. The molecule has 1 N–H and O–H groups in total. The Labute approximate surface area is 150 Å². The van der Waals surface area contributed by atoms with Gasteiger partial charge in [0.15, 0.2) is 5.96 Å². The Hall–Kier alpha value is -1.34. The zero-order valence-corrected chi connectivity index (χ0v) is 16.5. The van der Waals surface area contributed by atoms with Crippen LogP contribution in [0.25, 0.3) is 0 Å². The molecule has 0 fully saturated rings. The number of nitrogens with zero attached hydrogens (tertiary/aromatic N) is 4.